The second kappa shape index (κ2) is 5.49. The van der Waals surface area contributed by atoms with E-state index in [1.165, 1.54) is 0 Å². The summed E-state index contributed by atoms with van der Waals surface area (Å²) in [5.41, 5.74) is -0.466. The van der Waals surface area contributed by atoms with Crippen molar-refractivity contribution >= 4 is 11.9 Å². The minimum absolute atomic E-state index is 0.0197. The molecule has 1 amide bonds. The van der Waals surface area contributed by atoms with Gasteiger partial charge in [-0.2, -0.15) is 0 Å². The van der Waals surface area contributed by atoms with E-state index in [-0.39, 0.29) is 23.9 Å². The van der Waals surface area contributed by atoms with Gasteiger partial charge in [-0.25, -0.2) is 4.79 Å². The van der Waals surface area contributed by atoms with Gasteiger partial charge >= 0.3 is 6.09 Å². The maximum absolute atomic E-state index is 11.9. The number of nitrogens with zero attached hydrogens (tertiary/aromatic N) is 1. The highest BCUT2D eigenvalue weighted by atomic mass is 16.6. The van der Waals surface area contributed by atoms with Crippen molar-refractivity contribution in [1.29, 1.82) is 0 Å². The first-order valence-electron chi connectivity index (χ1n) is 6.96. The van der Waals surface area contributed by atoms with Crippen LogP contribution in [-0.4, -0.2) is 48.2 Å². The molecule has 0 bridgehead atoms. The van der Waals surface area contributed by atoms with Crippen molar-refractivity contribution in [2.75, 3.05) is 19.7 Å². The van der Waals surface area contributed by atoms with E-state index in [1.807, 2.05) is 20.8 Å². The monoisotopic (exact) mass is 269 g/mol. The molecule has 2 heterocycles. The Morgan fingerprint density at radius 3 is 2.79 bits per heavy atom. The topological polar surface area (TPSA) is 55.8 Å². The largest absolute Gasteiger partial charge is 0.444 e. The van der Waals surface area contributed by atoms with Crippen molar-refractivity contribution in [1.82, 2.24) is 4.90 Å². The van der Waals surface area contributed by atoms with Crippen molar-refractivity contribution in [3.8, 4) is 0 Å². The fraction of sp³-hybridized carbons (Fsp3) is 0.857. The molecule has 2 aliphatic heterocycles. The Balaban J connectivity index is 1.85. The smallest absolute Gasteiger partial charge is 0.410 e. The Morgan fingerprint density at radius 2 is 2.16 bits per heavy atom. The molecule has 19 heavy (non-hydrogen) atoms. The van der Waals surface area contributed by atoms with Crippen molar-refractivity contribution < 1.29 is 19.1 Å². The van der Waals surface area contributed by atoms with E-state index in [0.29, 0.717) is 32.5 Å². The first-order chi connectivity index (χ1) is 8.85. The highest BCUT2D eigenvalue weighted by Crippen LogP contribution is 2.27. The number of ketones is 1. The van der Waals surface area contributed by atoms with Gasteiger partial charge < -0.3 is 14.4 Å². The van der Waals surface area contributed by atoms with E-state index in [2.05, 4.69) is 0 Å². The molecule has 2 rings (SSSR count). The fourth-order valence-corrected chi connectivity index (χ4v) is 2.60. The predicted octanol–water partition coefficient (Wildman–Crippen LogP) is 1.99. The molecule has 0 aromatic heterocycles. The van der Waals surface area contributed by atoms with Crippen molar-refractivity contribution in [3.05, 3.63) is 0 Å². The average Bonchev–Trinajstić information content (AvgIpc) is 2.75. The predicted molar refractivity (Wildman–Crippen MR) is 69.9 cm³/mol. The number of Topliss-reactive ketones (excluding diaryl/α,β-unsaturated/α-hetero) is 1. The lowest BCUT2D eigenvalue weighted by molar-refractivity contribution is -0.130. The Morgan fingerprint density at radius 1 is 1.42 bits per heavy atom. The zero-order valence-corrected chi connectivity index (χ0v) is 12.0. The first kappa shape index (κ1) is 14.3. The number of rotatable bonds is 1. The summed E-state index contributed by atoms with van der Waals surface area (Å²) in [6.07, 6.45) is 1.62. The van der Waals surface area contributed by atoms with Crippen LogP contribution in [0.2, 0.25) is 0 Å². The molecule has 0 aromatic rings. The van der Waals surface area contributed by atoms with E-state index >= 15 is 0 Å². The Labute approximate surface area is 114 Å². The molecule has 0 saturated carbocycles. The summed E-state index contributed by atoms with van der Waals surface area (Å²) < 4.78 is 11.0. The third-order valence-corrected chi connectivity index (χ3v) is 3.54. The van der Waals surface area contributed by atoms with Crippen LogP contribution in [0.3, 0.4) is 0 Å². The molecule has 5 nitrogen and oxygen atoms in total. The van der Waals surface area contributed by atoms with Crippen LogP contribution >= 0.6 is 0 Å². The van der Waals surface area contributed by atoms with E-state index in [0.717, 1.165) is 6.42 Å². The molecular formula is C14H23NO4. The highest BCUT2D eigenvalue weighted by Gasteiger charge is 2.36. The summed E-state index contributed by atoms with van der Waals surface area (Å²) in [6, 6.07) is 0. The van der Waals surface area contributed by atoms with E-state index in [1.54, 1.807) is 4.90 Å². The normalized spacial score (nSPS) is 28.6. The summed E-state index contributed by atoms with van der Waals surface area (Å²) in [6.45, 7) is 7.43. The number of ether oxygens (including phenoxy) is 2. The summed E-state index contributed by atoms with van der Waals surface area (Å²) in [7, 11) is 0. The quantitative estimate of drug-likeness (QED) is 0.730. The van der Waals surface area contributed by atoms with Gasteiger partial charge in [0.2, 0.25) is 0 Å². The minimum atomic E-state index is -0.466. The van der Waals surface area contributed by atoms with Gasteiger partial charge in [-0.05, 0) is 27.2 Å². The van der Waals surface area contributed by atoms with Gasteiger partial charge in [-0.3, -0.25) is 4.79 Å². The lowest BCUT2D eigenvalue weighted by atomic mass is 9.94. The van der Waals surface area contributed by atoms with Crippen molar-refractivity contribution in [2.24, 2.45) is 5.92 Å². The molecule has 108 valence electrons. The number of carbonyl (C=O) groups excluding carboxylic acids is 2. The van der Waals surface area contributed by atoms with Gasteiger partial charge in [0.15, 0.2) is 0 Å². The van der Waals surface area contributed by atoms with Crippen LogP contribution < -0.4 is 0 Å². The Bertz CT molecular complexity index is 361. The minimum Gasteiger partial charge on any atom is -0.444 e. The molecule has 0 unspecified atom stereocenters. The van der Waals surface area contributed by atoms with Gasteiger partial charge in [0, 0.05) is 31.8 Å². The lowest BCUT2D eigenvalue weighted by Gasteiger charge is -2.28. The molecule has 5 heteroatoms. The van der Waals surface area contributed by atoms with Crippen LogP contribution in [0.1, 0.15) is 40.0 Å². The summed E-state index contributed by atoms with van der Waals surface area (Å²) >= 11 is 0. The van der Waals surface area contributed by atoms with Crippen molar-refractivity contribution in [3.63, 3.8) is 0 Å². The molecule has 2 fully saturated rings. The van der Waals surface area contributed by atoms with E-state index in [9.17, 15) is 9.59 Å². The maximum atomic E-state index is 11.9. The van der Waals surface area contributed by atoms with Crippen LogP contribution in [0, 0.1) is 5.92 Å². The van der Waals surface area contributed by atoms with Gasteiger partial charge in [0.1, 0.15) is 11.4 Å². The summed E-state index contributed by atoms with van der Waals surface area (Å²) in [5, 5.41) is 0. The third-order valence-electron chi connectivity index (χ3n) is 3.54. The van der Waals surface area contributed by atoms with Crippen molar-refractivity contribution in [2.45, 2.75) is 51.7 Å². The zero-order chi connectivity index (χ0) is 14.0. The third kappa shape index (κ3) is 3.93. The van der Waals surface area contributed by atoms with Crippen LogP contribution in [0.15, 0.2) is 0 Å². The molecule has 0 N–H and O–H groups in total. The number of hydrogen-bond donors (Lipinski definition) is 0. The van der Waals surface area contributed by atoms with Gasteiger partial charge in [0.05, 0.1) is 12.7 Å². The van der Waals surface area contributed by atoms with Gasteiger partial charge in [0.25, 0.3) is 0 Å². The lowest BCUT2D eigenvalue weighted by Crippen LogP contribution is -2.38. The molecule has 2 atom stereocenters. The number of hydrogen-bond acceptors (Lipinski definition) is 4. The first-order valence-corrected chi connectivity index (χ1v) is 6.96. The van der Waals surface area contributed by atoms with Gasteiger partial charge in [-0.1, -0.05) is 0 Å². The number of amides is 1. The Hall–Kier alpha value is -1.10. The van der Waals surface area contributed by atoms with Crippen LogP contribution in [-0.2, 0) is 14.3 Å². The fourth-order valence-electron chi connectivity index (χ4n) is 2.60. The highest BCUT2D eigenvalue weighted by molar-refractivity contribution is 5.79. The zero-order valence-electron chi connectivity index (χ0n) is 12.0. The summed E-state index contributed by atoms with van der Waals surface area (Å²) in [5.74, 6) is 0.531. The molecule has 0 radical (unpaired) electrons. The summed E-state index contributed by atoms with van der Waals surface area (Å²) in [4.78, 5) is 25.1. The molecule has 2 aliphatic rings. The van der Waals surface area contributed by atoms with E-state index < -0.39 is 5.60 Å². The maximum Gasteiger partial charge on any atom is 0.410 e. The van der Waals surface area contributed by atoms with Crippen LogP contribution in [0.25, 0.3) is 0 Å². The molecule has 0 spiro atoms. The average molecular weight is 269 g/mol. The Kier molecular flexibility index (Phi) is 4.13. The standard InChI is InChI=1S/C14H23NO4/c1-14(2,3)19-13(17)15-6-4-10(9-15)12-8-11(16)5-7-18-12/h10,12H,4-9H2,1-3H3/t10-,12+/m1/s1. The second-order valence-electron chi connectivity index (χ2n) is 6.38. The molecular weight excluding hydrogens is 246 g/mol. The van der Waals surface area contributed by atoms with E-state index in [4.69, 9.17) is 9.47 Å². The number of carbonyl (C=O) groups is 2. The SMILES string of the molecule is CC(C)(C)OC(=O)N1CC[C@@H]([C@@H]2CC(=O)CCO2)C1. The van der Waals surface area contributed by atoms with Crippen LogP contribution in [0.4, 0.5) is 4.79 Å². The number of likely N-dealkylation sites (tertiary alicyclic amines) is 1. The second-order valence-corrected chi connectivity index (χ2v) is 6.38. The molecule has 0 aromatic carbocycles. The molecule has 2 saturated heterocycles. The molecule has 0 aliphatic carbocycles. The van der Waals surface area contributed by atoms with Gasteiger partial charge in [-0.15, -0.1) is 0 Å². The van der Waals surface area contributed by atoms with Crippen LogP contribution in [0.5, 0.6) is 0 Å².